The molecule has 1 aliphatic carbocycles. The van der Waals surface area contributed by atoms with Crippen molar-refractivity contribution in [3.8, 4) is 0 Å². The van der Waals surface area contributed by atoms with Crippen molar-refractivity contribution in [2.75, 3.05) is 12.3 Å². The number of halogens is 1. The normalized spacial score (nSPS) is 26.8. The molecule has 110 valence electrons. The lowest BCUT2D eigenvalue weighted by Gasteiger charge is -2.37. The highest BCUT2D eigenvalue weighted by molar-refractivity contribution is 7.85. The van der Waals surface area contributed by atoms with Gasteiger partial charge in [-0.1, -0.05) is 24.4 Å². The number of anilines is 1. The zero-order chi connectivity index (χ0) is 14.2. The van der Waals surface area contributed by atoms with Crippen LogP contribution in [0.5, 0.6) is 0 Å². The average molecular weight is 314 g/mol. The fourth-order valence-electron chi connectivity index (χ4n) is 3.39. The molecule has 1 aromatic carbocycles. The van der Waals surface area contributed by atoms with Gasteiger partial charge in [0.05, 0.1) is 26.3 Å². The van der Waals surface area contributed by atoms with E-state index in [2.05, 4.69) is 0 Å². The first-order valence-corrected chi connectivity index (χ1v) is 8.78. The van der Waals surface area contributed by atoms with Crippen molar-refractivity contribution in [2.45, 2.75) is 54.3 Å². The second-order valence-corrected chi connectivity index (χ2v) is 7.95. The van der Waals surface area contributed by atoms with Crippen molar-refractivity contribution in [1.82, 2.24) is 0 Å². The minimum atomic E-state index is -1.08. The number of ether oxygens (including phenoxy) is 1. The molecule has 2 fully saturated rings. The van der Waals surface area contributed by atoms with E-state index in [0.717, 1.165) is 25.7 Å². The molecule has 5 heteroatoms. The molecule has 1 heterocycles. The van der Waals surface area contributed by atoms with E-state index in [1.165, 1.54) is 12.8 Å². The number of rotatable bonds is 2. The standard InChI is InChI=1S/C15H20ClNO2S/c16-13-9-11(17)3-4-14(13)20(18)12-5-8-19-15(10-12)6-1-2-7-15/h3-4,9,12H,1-2,5-8,10,17H2. The molecule has 20 heavy (non-hydrogen) atoms. The Morgan fingerprint density at radius 3 is 2.80 bits per heavy atom. The summed E-state index contributed by atoms with van der Waals surface area (Å²) < 4.78 is 18.8. The molecule has 2 atom stereocenters. The summed E-state index contributed by atoms with van der Waals surface area (Å²) in [5.41, 5.74) is 6.29. The number of hydrogen-bond acceptors (Lipinski definition) is 3. The Morgan fingerprint density at radius 1 is 1.35 bits per heavy atom. The van der Waals surface area contributed by atoms with Crippen LogP contribution in [0.25, 0.3) is 0 Å². The molecule has 1 saturated heterocycles. The first-order valence-electron chi connectivity index (χ1n) is 7.19. The summed E-state index contributed by atoms with van der Waals surface area (Å²) in [5.74, 6) is 0. The lowest BCUT2D eigenvalue weighted by Crippen LogP contribution is -2.41. The minimum absolute atomic E-state index is 0.0150. The van der Waals surface area contributed by atoms with Crippen LogP contribution >= 0.6 is 11.6 Å². The molecule has 0 radical (unpaired) electrons. The zero-order valence-electron chi connectivity index (χ0n) is 11.4. The summed E-state index contributed by atoms with van der Waals surface area (Å²) in [6, 6.07) is 5.24. The van der Waals surface area contributed by atoms with E-state index < -0.39 is 10.8 Å². The summed E-state index contributed by atoms with van der Waals surface area (Å²) in [5, 5.41) is 0.651. The second kappa shape index (κ2) is 5.66. The van der Waals surface area contributed by atoms with Gasteiger partial charge >= 0.3 is 0 Å². The Labute approximate surface area is 127 Å². The van der Waals surface area contributed by atoms with Crippen LogP contribution in [0.1, 0.15) is 38.5 Å². The third-order valence-corrected chi connectivity index (χ3v) is 6.66. The third kappa shape index (κ3) is 2.74. The summed E-state index contributed by atoms with van der Waals surface area (Å²) in [4.78, 5) is 0.709. The maximum absolute atomic E-state index is 12.8. The van der Waals surface area contributed by atoms with Gasteiger partial charge in [-0.3, -0.25) is 4.21 Å². The molecule has 3 nitrogen and oxygen atoms in total. The number of nitrogen functional groups attached to an aromatic ring is 1. The van der Waals surface area contributed by atoms with Crippen LogP contribution in [-0.2, 0) is 15.5 Å². The Hall–Kier alpha value is -0.580. The number of hydrogen-bond donors (Lipinski definition) is 1. The predicted molar refractivity (Wildman–Crippen MR) is 82.4 cm³/mol. The van der Waals surface area contributed by atoms with Crippen molar-refractivity contribution in [2.24, 2.45) is 0 Å². The molecule has 3 rings (SSSR count). The molecular weight excluding hydrogens is 294 g/mol. The molecule has 0 amide bonds. The number of benzene rings is 1. The largest absolute Gasteiger partial charge is 0.399 e. The quantitative estimate of drug-likeness (QED) is 0.850. The molecule has 2 unspecified atom stereocenters. The van der Waals surface area contributed by atoms with Gasteiger partial charge in [-0.05, 0) is 43.9 Å². The molecule has 1 aliphatic heterocycles. The maximum Gasteiger partial charge on any atom is 0.0694 e. The van der Waals surface area contributed by atoms with Crippen molar-refractivity contribution in [3.63, 3.8) is 0 Å². The van der Waals surface area contributed by atoms with Crippen LogP contribution in [0.2, 0.25) is 5.02 Å². The monoisotopic (exact) mass is 313 g/mol. The van der Waals surface area contributed by atoms with E-state index in [9.17, 15) is 4.21 Å². The highest BCUT2D eigenvalue weighted by Crippen LogP contribution is 2.42. The lowest BCUT2D eigenvalue weighted by molar-refractivity contribution is -0.0708. The van der Waals surface area contributed by atoms with Crippen LogP contribution < -0.4 is 5.73 Å². The maximum atomic E-state index is 12.8. The van der Waals surface area contributed by atoms with Crippen LogP contribution in [0.15, 0.2) is 23.1 Å². The molecule has 0 aromatic heterocycles. The van der Waals surface area contributed by atoms with Gasteiger partial charge in [0, 0.05) is 17.5 Å². The Kier molecular flexibility index (Phi) is 4.07. The van der Waals surface area contributed by atoms with E-state index in [4.69, 9.17) is 22.1 Å². The highest BCUT2D eigenvalue weighted by atomic mass is 35.5. The Morgan fingerprint density at radius 2 is 2.10 bits per heavy atom. The highest BCUT2D eigenvalue weighted by Gasteiger charge is 2.41. The van der Waals surface area contributed by atoms with Gasteiger partial charge in [0.25, 0.3) is 0 Å². The first kappa shape index (κ1) is 14.4. The zero-order valence-corrected chi connectivity index (χ0v) is 13.0. The minimum Gasteiger partial charge on any atom is -0.399 e. The van der Waals surface area contributed by atoms with Gasteiger partial charge in [-0.2, -0.15) is 0 Å². The molecular formula is C15H20ClNO2S. The second-order valence-electron chi connectivity index (χ2n) is 5.84. The van der Waals surface area contributed by atoms with Crippen molar-refractivity contribution >= 4 is 28.1 Å². The smallest absolute Gasteiger partial charge is 0.0694 e. The van der Waals surface area contributed by atoms with Gasteiger partial charge in [0.1, 0.15) is 0 Å². The Bertz CT molecular complexity index is 529. The van der Waals surface area contributed by atoms with E-state index in [0.29, 0.717) is 22.2 Å². The SMILES string of the molecule is Nc1ccc(S(=O)C2CCOC3(CCCC3)C2)c(Cl)c1. The molecule has 1 spiro atoms. The van der Waals surface area contributed by atoms with Crippen LogP contribution in [0, 0.1) is 0 Å². The van der Waals surface area contributed by atoms with E-state index in [1.807, 2.05) is 0 Å². The van der Waals surface area contributed by atoms with Crippen molar-refractivity contribution in [3.05, 3.63) is 23.2 Å². The molecule has 2 aliphatic rings. The fourth-order valence-corrected chi connectivity index (χ4v) is 5.39. The third-order valence-electron chi connectivity index (χ3n) is 4.44. The van der Waals surface area contributed by atoms with E-state index in [1.54, 1.807) is 18.2 Å². The number of nitrogens with two attached hydrogens (primary N) is 1. The van der Waals surface area contributed by atoms with Gasteiger partial charge in [0.15, 0.2) is 0 Å². The Balaban J connectivity index is 1.79. The summed E-state index contributed by atoms with van der Waals surface area (Å²) in [6.45, 7) is 0.711. The fraction of sp³-hybridized carbons (Fsp3) is 0.600. The topological polar surface area (TPSA) is 52.3 Å². The molecule has 2 N–H and O–H groups in total. The van der Waals surface area contributed by atoms with Crippen LogP contribution in [-0.4, -0.2) is 21.7 Å². The van der Waals surface area contributed by atoms with E-state index in [-0.39, 0.29) is 10.9 Å². The van der Waals surface area contributed by atoms with Crippen molar-refractivity contribution < 1.29 is 8.95 Å². The van der Waals surface area contributed by atoms with Gasteiger partial charge in [-0.25, -0.2) is 0 Å². The van der Waals surface area contributed by atoms with Gasteiger partial charge in [-0.15, -0.1) is 0 Å². The first-order chi connectivity index (χ1) is 9.60. The molecule has 1 saturated carbocycles. The summed E-state index contributed by atoms with van der Waals surface area (Å²) in [6.07, 6.45) is 6.39. The summed E-state index contributed by atoms with van der Waals surface area (Å²) in [7, 11) is -1.08. The van der Waals surface area contributed by atoms with E-state index >= 15 is 0 Å². The van der Waals surface area contributed by atoms with Crippen LogP contribution in [0.3, 0.4) is 0 Å². The van der Waals surface area contributed by atoms with Gasteiger partial charge in [0.2, 0.25) is 0 Å². The van der Waals surface area contributed by atoms with Gasteiger partial charge < -0.3 is 10.5 Å². The van der Waals surface area contributed by atoms with Crippen LogP contribution in [0.4, 0.5) is 5.69 Å². The lowest BCUT2D eigenvalue weighted by atomic mass is 9.92. The summed E-state index contributed by atoms with van der Waals surface area (Å²) >= 11 is 6.19. The van der Waals surface area contributed by atoms with Crippen molar-refractivity contribution in [1.29, 1.82) is 0 Å². The average Bonchev–Trinajstić information content (AvgIpc) is 2.86. The molecule has 1 aromatic rings. The molecule has 0 bridgehead atoms. The predicted octanol–water partition coefficient (Wildman–Crippen LogP) is 3.52.